The van der Waals surface area contributed by atoms with E-state index in [2.05, 4.69) is 5.32 Å². The molecule has 1 N–H and O–H groups in total. The summed E-state index contributed by atoms with van der Waals surface area (Å²) in [5, 5.41) is 2.76. The van der Waals surface area contributed by atoms with Crippen LogP contribution in [0.25, 0.3) is 0 Å². The smallest absolute Gasteiger partial charge is 0.412 e. The molecule has 1 aliphatic heterocycles. The topological polar surface area (TPSA) is 47.6 Å². The molecule has 0 fully saturated rings. The van der Waals surface area contributed by atoms with E-state index in [1.165, 1.54) is 0 Å². The fourth-order valence-corrected chi connectivity index (χ4v) is 2.54. The highest BCUT2D eigenvalue weighted by atomic mass is 35.5. The Hall–Kier alpha value is -1.42. The predicted molar refractivity (Wildman–Crippen MR) is 79.8 cm³/mol. The molecular weight excluding hydrogens is 278 g/mol. The van der Waals surface area contributed by atoms with Gasteiger partial charge in [0.1, 0.15) is 11.4 Å². The summed E-state index contributed by atoms with van der Waals surface area (Å²) in [7, 11) is 0. The van der Waals surface area contributed by atoms with Gasteiger partial charge >= 0.3 is 6.09 Å². The number of amides is 1. The largest absolute Gasteiger partial charge is 0.493 e. The number of hydrogen-bond acceptors (Lipinski definition) is 3. The molecule has 0 bridgehead atoms. The molecule has 0 saturated carbocycles. The Morgan fingerprint density at radius 2 is 2.10 bits per heavy atom. The van der Waals surface area contributed by atoms with E-state index in [9.17, 15) is 4.79 Å². The summed E-state index contributed by atoms with van der Waals surface area (Å²) in [5.41, 5.74) is 1.98. The molecule has 110 valence electrons. The van der Waals surface area contributed by atoms with Crippen molar-refractivity contribution in [3.05, 3.63) is 23.3 Å². The zero-order valence-electron chi connectivity index (χ0n) is 12.1. The van der Waals surface area contributed by atoms with Gasteiger partial charge in [0.25, 0.3) is 0 Å². The van der Waals surface area contributed by atoms with Crippen LogP contribution in [0.4, 0.5) is 10.5 Å². The van der Waals surface area contributed by atoms with Crippen LogP contribution < -0.4 is 10.1 Å². The minimum Gasteiger partial charge on any atom is -0.493 e. The maximum absolute atomic E-state index is 11.6. The second-order valence-corrected chi connectivity index (χ2v) is 5.78. The fourth-order valence-electron chi connectivity index (χ4n) is 2.36. The number of carbonyl (C=O) groups excluding carboxylic acids is 1. The predicted octanol–water partition coefficient (Wildman–Crippen LogP) is 4.19. The van der Waals surface area contributed by atoms with Crippen LogP contribution in [-0.4, -0.2) is 18.6 Å². The normalized spacial score (nSPS) is 16.1. The minimum atomic E-state index is -0.703. The Morgan fingerprint density at radius 1 is 1.35 bits per heavy atom. The molecule has 5 heteroatoms. The molecular formula is C15H20ClNO3. The van der Waals surface area contributed by atoms with Gasteiger partial charge in [0.15, 0.2) is 0 Å². The van der Waals surface area contributed by atoms with Gasteiger partial charge in [-0.2, -0.15) is 0 Å². The molecule has 2 rings (SSSR count). The van der Waals surface area contributed by atoms with E-state index in [4.69, 9.17) is 21.1 Å². The van der Waals surface area contributed by atoms with Gasteiger partial charge in [-0.05, 0) is 45.2 Å². The average molecular weight is 298 g/mol. The van der Waals surface area contributed by atoms with Gasteiger partial charge in [-0.15, -0.1) is 11.6 Å². The zero-order valence-corrected chi connectivity index (χ0v) is 12.8. The maximum Gasteiger partial charge on any atom is 0.412 e. The summed E-state index contributed by atoms with van der Waals surface area (Å²) < 4.78 is 11.2. The van der Waals surface area contributed by atoms with Crippen molar-refractivity contribution in [2.24, 2.45) is 0 Å². The third-order valence-electron chi connectivity index (χ3n) is 3.34. The molecule has 1 aromatic rings. The van der Waals surface area contributed by atoms with Gasteiger partial charge in [-0.25, -0.2) is 4.79 Å². The van der Waals surface area contributed by atoms with Crippen LogP contribution in [0.1, 0.15) is 37.8 Å². The van der Waals surface area contributed by atoms with Gasteiger partial charge < -0.3 is 9.47 Å². The Balaban J connectivity index is 2.31. The summed E-state index contributed by atoms with van der Waals surface area (Å²) in [4.78, 5) is 11.6. The van der Waals surface area contributed by atoms with Crippen molar-refractivity contribution in [3.8, 4) is 5.75 Å². The van der Waals surface area contributed by atoms with Crippen LogP contribution in [0.2, 0.25) is 0 Å². The number of nitrogens with one attached hydrogen (secondary N) is 1. The first kappa shape index (κ1) is 15.0. The van der Waals surface area contributed by atoms with Crippen LogP contribution in [0.15, 0.2) is 12.1 Å². The van der Waals surface area contributed by atoms with Crippen molar-refractivity contribution < 1.29 is 14.3 Å². The van der Waals surface area contributed by atoms with E-state index in [1.54, 1.807) is 0 Å². The highest BCUT2D eigenvalue weighted by Gasteiger charge is 2.37. The number of carbonyl (C=O) groups is 1. The molecule has 0 unspecified atom stereocenters. The molecule has 1 heterocycles. The number of anilines is 1. The number of aryl methyl sites for hydroxylation is 1. The second kappa shape index (κ2) is 5.92. The molecule has 0 spiro atoms. The second-order valence-electron chi connectivity index (χ2n) is 5.40. The van der Waals surface area contributed by atoms with Crippen LogP contribution >= 0.6 is 11.6 Å². The number of cyclic esters (lactones) is 1. The fraction of sp³-hybridized carbons (Fsp3) is 0.533. The lowest BCUT2D eigenvalue weighted by Gasteiger charge is -2.34. The minimum absolute atomic E-state index is 0.426. The van der Waals surface area contributed by atoms with E-state index in [1.807, 2.05) is 32.9 Å². The third-order valence-corrected chi connectivity index (χ3v) is 3.61. The van der Waals surface area contributed by atoms with Crippen LogP contribution in [-0.2, 0) is 10.3 Å². The Kier molecular flexibility index (Phi) is 4.43. The monoisotopic (exact) mass is 297 g/mol. The lowest BCUT2D eigenvalue weighted by molar-refractivity contribution is 0.0395. The molecule has 0 atom stereocenters. The summed E-state index contributed by atoms with van der Waals surface area (Å²) in [6, 6.07) is 3.87. The molecule has 0 radical (unpaired) electrons. The number of alkyl halides is 1. The highest BCUT2D eigenvalue weighted by Crippen LogP contribution is 2.43. The molecule has 0 saturated heterocycles. The van der Waals surface area contributed by atoms with E-state index in [-0.39, 0.29) is 0 Å². The third kappa shape index (κ3) is 3.01. The first-order chi connectivity index (χ1) is 9.45. The molecule has 4 nitrogen and oxygen atoms in total. The summed E-state index contributed by atoms with van der Waals surface area (Å²) in [5.74, 6) is 1.39. The average Bonchev–Trinajstić information content (AvgIpc) is 2.36. The number of benzene rings is 1. The number of rotatable bonds is 5. The quantitative estimate of drug-likeness (QED) is 0.655. The lowest BCUT2D eigenvalue weighted by atomic mass is 9.91. The number of ether oxygens (including phenoxy) is 2. The van der Waals surface area contributed by atoms with Crippen LogP contribution in [0.5, 0.6) is 5.75 Å². The number of unbranched alkanes of at least 4 members (excludes halogenated alkanes) is 1. The summed E-state index contributed by atoms with van der Waals surface area (Å²) in [6.07, 6.45) is 1.40. The van der Waals surface area contributed by atoms with E-state index < -0.39 is 11.7 Å². The van der Waals surface area contributed by atoms with E-state index >= 15 is 0 Å². The van der Waals surface area contributed by atoms with Gasteiger partial charge in [0.2, 0.25) is 0 Å². The number of fused-ring (bicyclic) bond motifs is 1. The van der Waals surface area contributed by atoms with Crippen molar-refractivity contribution in [1.82, 2.24) is 0 Å². The van der Waals surface area contributed by atoms with Crippen molar-refractivity contribution in [2.45, 2.75) is 39.2 Å². The standard InChI is InChI=1S/C15H20ClNO3/c1-10-6-7-11(19-9-5-4-8-16)12-13(10)17-14(18)20-15(12,2)3/h6-7H,4-5,8-9H2,1-3H3,(H,17,18). The van der Waals surface area contributed by atoms with Crippen LogP contribution in [0, 0.1) is 6.92 Å². The van der Waals surface area contributed by atoms with Gasteiger partial charge in [-0.1, -0.05) is 6.07 Å². The van der Waals surface area contributed by atoms with Gasteiger partial charge in [0.05, 0.1) is 17.9 Å². The molecule has 0 aliphatic carbocycles. The van der Waals surface area contributed by atoms with E-state index in [0.29, 0.717) is 12.5 Å². The number of halogens is 1. The number of hydrogen-bond donors (Lipinski definition) is 1. The maximum atomic E-state index is 11.6. The lowest BCUT2D eigenvalue weighted by Crippen LogP contribution is -2.35. The van der Waals surface area contributed by atoms with Crippen molar-refractivity contribution >= 4 is 23.4 Å². The van der Waals surface area contributed by atoms with Gasteiger partial charge in [-0.3, -0.25) is 5.32 Å². The first-order valence-corrected chi connectivity index (χ1v) is 7.32. The summed E-state index contributed by atoms with van der Waals surface area (Å²) in [6.45, 7) is 6.30. The Labute approximate surface area is 124 Å². The molecule has 20 heavy (non-hydrogen) atoms. The molecule has 0 aromatic heterocycles. The first-order valence-electron chi connectivity index (χ1n) is 6.78. The molecule has 1 aromatic carbocycles. The van der Waals surface area contributed by atoms with Crippen molar-refractivity contribution in [2.75, 3.05) is 17.8 Å². The van der Waals surface area contributed by atoms with Crippen molar-refractivity contribution in [1.29, 1.82) is 0 Å². The highest BCUT2D eigenvalue weighted by molar-refractivity contribution is 6.17. The van der Waals surface area contributed by atoms with E-state index in [0.717, 1.165) is 35.4 Å². The van der Waals surface area contributed by atoms with Crippen LogP contribution in [0.3, 0.4) is 0 Å². The van der Waals surface area contributed by atoms with Crippen molar-refractivity contribution in [3.63, 3.8) is 0 Å². The summed E-state index contributed by atoms with van der Waals surface area (Å²) >= 11 is 5.66. The Bertz CT molecular complexity index is 514. The molecule has 1 aliphatic rings. The zero-order chi connectivity index (χ0) is 14.8. The Morgan fingerprint density at radius 3 is 2.80 bits per heavy atom. The van der Waals surface area contributed by atoms with Gasteiger partial charge in [0, 0.05) is 5.88 Å². The SMILES string of the molecule is Cc1ccc(OCCCCCl)c2c1NC(=O)OC2(C)C. The molecule has 1 amide bonds.